The maximum Gasteiger partial charge on any atom is 0.407 e. The first-order valence-corrected chi connectivity index (χ1v) is 9.82. The molecule has 1 fully saturated rings. The van der Waals surface area contributed by atoms with Crippen LogP contribution in [0.2, 0.25) is 5.02 Å². The molecule has 0 atom stereocenters. The van der Waals surface area contributed by atoms with E-state index in [-0.39, 0.29) is 5.91 Å². The van der Waals surface area contributed by atoms with Crippen molar-refractivity contribution in [2.24, 2.45) is 0 Å². The molecule has 1 N–H and O–H groups in total. The third kappa shape index (κ3) is 8.18. The van der Waals surface area contributed by atoms with E-state index in [2.05, 4.69) is 16.3 Å². The highest BCUT2D eigenvalue weighted by atomic mass is 35.5. The predicted molar refractivity (Wildman–Crippen MR) is 107 cm³/mol. The van der Waals surface area contributed by atoms with Crippen molar-refractivity contribution in [1.29, 1.82) is 0 Å². The molecule has 0 saturated carbocycles. The van der Waals surface area contributed by atoms with Crippen LogP contribution in [0.1, 0.15) is 39.2 Å². The van der Waals surface area contributed by atoms with Crippen molar-refractivity contribution in [3.8, 4) is 0 Å². The average Bonchev–Trinajstić information content (AvgIpc) is 2.58. The lowest BCUT2D eigenvalue weighted by Gasteiger charge is -2.35. The van der Waals surface area contributed by atoms with Crippen molar-refractivity contribution >= 4 is 23.6 Å². The molecule has 0 aliphatic carbocycles. The topological polar surface area (TPSA) is 61.9 Å². The van der Waals surface area contributed by atoms with E-state index in [1.165, 1.54) is 5.56 Å². The molecule has 1 aliphatic rings. The molecular formula is C20H30ClN3O3. The summed E-state index contributed by atoms with van der Waals surface area (Å²) < 4.78 is 5.17. The number of nitrogens with one attached hydrogen (secondary N) is 1. The molecule has 1 aromatic carbocycles. The monoisotopic (exact) mass is 395 g/mol. The van der Waals surface area contributed by atoms with E-state index in [0.717, 1.165) is 37.7 Å². The normalized spacial score (nSPS) is 15.5. The highest BCUT2D eigenvalue weighted by molar-refractivity contribution is 6.30. The van der Waals surface area contributed by atoms with Gasteiger partial charge < -0.3 is 15.0 Å². The van der Waals surface area contributed by atoms with Gasteiger partial charge in [0.05, 0.1) is 0 Å². The number of rotatable bonds is 6. The fourth-order valence-corrected chi connectivity index (χ4v) is 3.16. The van der Waals surface area contributed by atoms with Crippen molar-refractivity contribution in [1.82, 2.24) is 15.1 Å². The molecule has 1 heterocycles. The van der Waals surface area contributed by atoms with Gasteiger partial charge in [-0.05, 0) is 44.9 Å². The smallest absolute Gasteiger partial charge is 0.407 e. The molecule has 2 amide bonds. The molecule has 27 heavy (non-hydrogen) atoms. The first kappa shape index (κ1) is 21.5. The summed E-state index contributed by atoms with van der Waals surface area (Å²) in [5, 5.41) is 3.44. The average molecular weight is 396 g/mol. The summed E-state index contributed by atoms with van der Waals surface area (Å²) in [6.45, 7) is 9.94. The van der Waals surface area contributed by atoms with Gasteiger partial charge in [-0.3, -0.25) is 9.69 Å². The van der Waals surface area contributed by atoms with Crippen molar-refractivity contribution in [2.45, 2.75) is 45.8 Å². The van der Waals surface area contributed by atoms with Crippen LogP contribution >= 0.6 is 11.6 Å². The van der Waals surface area contributed by atoms with Crippen LogP contribution < -0.4 is 5.32 Å². The molecule has 0 aromatic heterocycles. The Hall–Kier alpha value is -1.79. The Balaban J connectivity index is 1.62. The second kappa shape index (κ2) is 9.95. The summed E-state index contributed by atoms with van der Waals surface area (Å²) in [5.74, 6) is 0.142. The van der Waals surface area contributed by atoms with Crippen molar-refractivity contribution < 1.29 is 14.3 Å². The molecule has 0 bridgehead atoms. The zero-order valence-electron chi connectivity index (χ0n) is 16.5. The van der Waals surface area contributed by atoms with E-state index < -0.39 is 11.7 Å². The summed E-state index contributed by atoms with van der Waals surface area (Å²) in [4.78, 5) is 28.1. The molecule has 1 aromatic rings. The Bertz CT molecular complexity index is 638. The molecule has 0 spiro atoms. The van der Waals surface area contributed by atoms with Crippen LogP contribution in [0.3, 0.4) is 0 Å². The van der Waals surface area contributed by atoms with E-state index in [1.54, 1.807) is 0 Å². The largest absolute Gasteiger partial charge is 0.444 e. The van der Waals surface area contributed by atoms with Crippen LogP contribution in [0, 0.1) is 0 Å². The lowest BCUT2D eigenvalue weighted by molar-refractivity contribution is -0.133. The second-order valence-corrected chi connectivity index (χ2v) is 8.26. The van der Waals surface area contributed by atoms with Gasteiger partial charge in [0.25, 0.3) is 0 Å². The number of benzene rings is 1. The van der Waals surface area contributed by atoms with E-state index in [9.17, 15) is 9.59 Å². The second-order valence-electron chi connectivity index (χ2n) is 7.82. The summed E-state index contributed by atoms with van der Waals surface area (Å²) in [6.07, 6.45) is 0.606. The van der Waals surface area contributed by atoms with Gasteiger partial charge in [0.2, 0.25) is 5.91 Å². The van der Waals surface area contributed by atoms with Gasteiger partial charge in [0.15, 0.2) is 0 Å². The van der Waals surface area contributed by atoms with Gasteiger partial charge >= 0.3 is 6.09 Å². The number of piperazine rings is 1. The van der Waals surface area contributed by atoms with Gasteiger partial charge in [-0.25, -0.2) is 4.79 Å². The first-order chi connectivity index (χ1) is 12.7. The molecule has 2 rings (SSSR count). The summed E-state index contributed by atoms with van der Waals surface area (Å²) in [6, 6.07) is 7.89. The molecule has 0 radical (unpaired) electrons. The fraction of sp³-hybridized carbons (Fsp3) is 0.600. The van der Waals surface area contributed by atoms with Gasteiger partial charge in [-0.1, -0.05) is 23.7 Å². The highest BCUT2D eigenvalue weighted by Gasteiger charge is 2.21. The first-order valence-electron chi connectivity index (χ1n) is 9.44. The van der Waals surface area contributed by atoms with Crippen LogP contribution in [0.4, 0.5) is 4.79 Å². The molecule has 7 heteroatoms. The number of hydrogen-bond donors (Lipinski definition) is 1. The SMILES string of the molecule is CC(C)(C)OC(=O)NCCCC(=O)N1CCN(Cc2cccc(Cl)c2)CC1. The standard InChI is InChI=1S/C20H30ClN3O3/c1-20(2,3)27-19(26)22-9-5-8-18(25)24-12-10-23(11-13-24)15-16-6-4-7-17(21)14-16/h4,6-7,14H,5,8-13,15H2,1-3H3,(H,22,26). The molecule has 150 valence electrons. The zero-order chi connectivity index (χ0) is 19.9. The zero-order valence-corrected chi connectivity index (χ0v) is 17.2. The van der Waals surface area contributed by atoms with E-state index in [0.29, 0.717) is 19.4 Å². The third-order valence-electron chi connectivity index (χ3n) is 4.26. The van der Waals surface area contributed by atoms with Gasteiger partial charge in [-0.2, -0.15) is 0 Å². The van der Waals surface area contributed by atoms with Crippen LogP contribution in [0.15, 0.2) is 24.3 Å². The number of ether oxygens (including phenoxy) is 1. The van der Waals surface area contributed by atoms with Gasteiger partial charge in [0.1, 0.15) is 5.60 Å². The van der Waals surface area contributed by atoms with Gasteiger partial charge in [-0.15, -0.1) is 0 Å². The van der Waals surface area contributed by atoms with Crippen molar-refractivity contribution in [2.75, 3.05) is 32.7 Å². The van der Waals surface area contributed by atoms with Crippen LogP contribution in [-0.4, -0.2) is 60.1 Å². The molecule has 1 saturated heterocycles. The minimum atomic E-state index is -0.509. The van der Waals surface area contributed by atoms with E-state index in [1.807, 2.05) is 43.9 Å². The minimum absolute atomic E-state index is 0.142. The number of amides is 2. The Morgan fingerprint density at radius 1 is 1.19 bits per heavy atom. The number of carbonyl (C=O) groups is 2. The molecule has 1 aliphatic heterocycles. The van der Waals surface area contributed by atoms with Crippen LogP contribution in [0.25, 0.3) is 0 Å². The maximum atomic E-state index is 12.3. The minimum Gasteiger partial charge on any atom is -0.444 e. The predicted octanol–water partition coefficient (Wildman–Crippen LogP) is 3.29. The van der Waals surface area contributed by atoms with Crippen molar-refractivity contribution in [3.05, 3.63) is 34.9 Å². The summed E-state index contributed by atoms with van der Waals surface area (Å²) >= 11 is 6.03. The number of hydrogen-bond acceptors (Lipinski definition) is 4. The lowest BCUT2D eigenvalue weighted by atomic mass is 10.2. The van der Waals surface area contributed by atoms with E-state index in [4.69, 9.17) is 16.3 Å². The Morgan fingerprint density at radius 3 is 2.52 bits per heavy atom. The Labute approximate surface area is 166 Å². The fourth-order valence-electron chi connectivity index (χ4n) is 2.95. The van der Waals surface area contributed by atoms with E-state index >= 15 is 0 Å². The number of halogens is 1. The number of alkyl carbamates (subject to hydrolysis) is 1. The summed E-state index contributed by atoms with van der Waals surface area (Å²) in [7, 11) is 0. The highest BCUT2D eigenvalue weighted by Crippen LogP contribution is 2.14. The lowest BCUT2D eigenvalue weighted by Crippen LogP contribution is -2.48. The number of carbonyl (C=O) groups excluding carboxylic acids is 2. The molecule has 0 unspecified atom stereocenters. The quantitative estimate of drug-likeness (QED) is 0.751. The maximum absolute atomic E-state index is 12.3. The Kier molecular flexibility index (Phi) is 7.92. The van der Waals surface area contributed by atoms with Crippen LogP contribution in [-0.2, 0) is 16.1 Å². The molecular weight excluding hydrogens is 366 g/mol. The van der Waals surface area contributed by atoms with Gasteiger partial charge in [0, 0.05) is 50.7 Å². The molecule has 6 nitrogen and oxygen atoms in total. The Morgan fingerprint density at radius 2 is 1.89 bits per heavy atom. The van der Waals surface area contributed by atoms with Crippen molar-refractivity contribution in [3.63, 3.8) is 0 Å². The summed E-state index contributed by atoms with van der Waals surface area (Å²) in [5.41, 5.74) is 0.681. The van der Waals surface area contributed by atoms with Crippen LogP contribution in [0.5, 0.6) is 0 Å². The third-order valence-corrected chi connectivity index (χ3v) is 4.49. The number of nitrogens with zero attached hydrogens (tertiary/aromatic N) is 2.